The van der Waals surface area contributed by atoms with E-state index >= 15 is 0 Å². The molecule has 0 amide bonds. The van der Waals surface area contributed by atoms with Crippen molar-refractivity contribution < 1.29 is 4.42 Å². The minimum absolute atomic E-state index is 0.420. The second-order valence-corrected chi connectivity index (χ2v) is 7.41. The quantitative estimate of drug-likeness (QED) is 0.375. The van der Waals surface area contributed by atoms with Gasteiger partial charge in [-0.1, -0.05) is 23.7 Å². The smallest absolute Gasteiger partial charge is 0.300 e. The van der Waals surface area contributed by atoms with Gasteiger partial charge in [0.2, 0.25) is 0 Å². The second-order valence-electron chi connectivity index (χ2n) is 6.12. The van der Waals surface area contributed by atoms with Crippen LogP contribution in [0.3, 0.4) is 0 Å². The number of benzene rings is 2. The Labute approximate surface area is 169 Å². The Balaban J connectivity index is 1.42. The maximum Gasteiger partial charge on any atom is 0.300 e. The summed E-state index contributed by atoms with van der Waals surface area (Å²) < 4.78 is 5.73. The average molecular weight is 405 g/mol. The predicted molar refractivity (Wildman–Crippen MR) is 113 cm³/mol. The van der Waals surface area contributed by atoms with Crippen LogP contribution in [0.1, 0.15) is 0 Å². The van der Waals surface area contributed by atoms with Gasteiger partial charge in [0.25, 0.3) is 6.01 Å². The highest BCUT2D eigenvalue weighted by Gasteiger charge is 2.10. The number of hydrogen-bond acceptors (Lipinski definition) is 6. The number of rotatable bonds is 4. The zero-order chi connectivity index (χ0) is 18.9. The summed E-state index contributed by atoms with van der Waals surface area (Å²) >= 11 is 7.61. The van der Waals surface area contributed by atoms with E-state index in [0.717, 1.165) is 27.5 Å². The first kappa shape index (κ1) is 16.9. The molecule has 0 atom stereocenters. The molecule has 28 heavy (non-hydrogen) atoms. The van der Waals surface area contributed by atoms with Crippen molar-refractivity contribution in [3.8, 4) is 21.8 Å². The van der Waals surface area contributed by atoms with Crippen LogP contribution in [0.15, 0.2) is 76.8 Å². The van der Waals surface area contributed by atoms with Crippen molar-refractivity contribution in [1.82, 2.24) is 15.0 Å². The first-order chi connectivity index (χ1) is 13.7. The van der Waals surface area contributed by atoms with Crippen molar-refractivity contribution in [2.75, 3.05) is 5.32 Å². The number of hydrogen-bond donors (Lipinski definition) is 1. The van der Waals surface area contributed by atoms with E-state index in [0.29, 0.717) is 22.1 Å². The standard InChI is InChI=1S/C21H13ClN4OS/c22-15-6-7-19-17(10-15)26-21(27-19)24-16-5-1-3-13(9-16)18-12-28-20(25-18)14-4-2-8-23-11-14/h1-12H,(H,24,26). The van der Waals surface area contributed by atoms with Crippen LogP contribution in [0.25, 0.3) is 32.9 Å². The highest BCUT2D eigenvalue weighted by Crippen LogP contribution is 2.31. The van der Waals surface area contributed by atoms with E-state index in [4.69, 9.17) is 21.0 Å². The lowest BCUT2D eigenvalue weighted by Crippen LogP contribution is -1.90. The fraction of sp³-hybridized carbons (Fsp3) is 0. The van der Waals surface area contributed by atoms with Gasteiger partial charge in [-0.15, -0.1) is 11.3 Å². The number of fused-ring (bicyclic) bond motifs is 1. The van der Waals surface area contributed by atoms with Gasteiger partial charge >= 0.3 is 0 Å². The van der Waals surface area contributed by atoms with Gasteiger partial charge in [-0.2, -0.15) is 4.98 Å². The van der Waals surface area contributed by atoms with Gasteiger partial charge in [-0.25, -0.2) is 4.98 Å². The SMILES string of the molecule is Clc1ccc2oc(Nc3cccc(-c4csc(-c5cccnc5)n4)c3)nc2c1. The number of pyridine rings is 1. The van der Waals surface area contributed by atoms with Crippen molar-refractivity contribution >= 4 is 45.7 Å². The third kappa shape index (κ3) is 3.35. The molecular weight excluding hydrogens is 392 g/mol. The zero-order valence-electron chi connectivity index (χ0n) is 14.5. The monoisotopic (exact) mass is 404 g/mol. The molecule has 0 saturated carbocycles. The molecule has 5 rings (SSSR count). The molecule has 3 aromatic heterocycles. The van der Waals surface area contributed by atoms with Crippen molar-refractivity contribution in [3.05, 3.63) is 77.4 Å². The van der Waals surface area contributed by atoms with E-state index in [-0.39, 0.29) is 0 Å². The van der Waals surface area contributed by atoms with Crippen LogP contribution in [0.5, 0.6) is 0 Å². The Morgan fingerprint density at radius 1 is 0.964 bits per heavy atom. The highest BCUT2D eigenvalue weighted by molar-refractivity contribution is 7.13. The number of halogens is 1. The lowest BCUT2D eigenvalue weighted by molar-refractivity contribution is 0.623. The molecule has 0 unspecified atom stereocenters. The summed E-state index contributed by atoms with van der Waals surface area (Å²) in [6, 6.07) is 17.7. The molecule has 0 aliphatic rings. The molecule has 1 N–H and O–H groups in total. The van der Waals surface area contributed by atoms with Gasteiger partial charge in [0.15, 0.2) is 5.58 Å². The zero-order valence-corrected chi connectivity index (χ0v) is 16.0. The Hall–Kier alpha value is -3.22. The van der Waals surface area contributed by atoms with Crippen LogP contribution in [-0.4, -0.2) is 15.0 Å². The lowest BCUT2D eigenvalue weighted by Gasteiger charge is -2.03. The summed E-state index contributed by atoms with van der Waals surface area (Å²) in [7, 11) is 0. The van der Waals surface area contributed by atoms with Crippen LogP contribution in [0.4, 0.5) is 11.7 Å². The number of oxazole rings is 1. The molecule has 2 aromatic carbocycles. The van der Waals surface area contributed by atoms with Gasteiger partial charge in [0.1, 0.15) is 10.5 Å². The van der Waals surface area contributed by atoms with Crippen LogP contribution in [-0.2, 0) is 0 Å². The summed E-state index contributed by atoms with van der Waals surface area (Å²) in [6.07, 6.45) is 3.58. The largest absolute Gasteiger partial charge is 0.423 e. The molecule has 0 spiro atoms. The Morgan fingerprint density at radius 2 is 1.89 bits per heavy atom. The van der Waals surface area contributed by atoms with Crippen LogP contribution < -0.4 is 5.32 Å². The van der Waals surface area contributed by atoms with E-state index in [1.165, 1.54) is 0 Å². The molecule has 0 saturated heterocycles. The number of thiazole rings is 1. The molecule has 0 radical (unpaired) electrons. The molecule has 3 heterocycles. The van der Waals surface area contributed by atoms with E-state index in [9.17, 15) is 0 Å². The van der Waals surface area contributed by atoms with Crippen LogP contribution in [0.2, 0.25) is 5.02 Å². The fourth-order valence-electron chi connectivity index (χ4n) is 2.86. The third-order valence-electron chi connectivity index (χ3n) is 4.17. The maximum absolute atomic E-state index is 6.01. The highest BCUT2D eigenvalue weighted by atomic mass is 35.5. The van der Waals surface area contributed by atoms with Crippen LogP contribution >= 0.6 is 22.9 Å². The number of anilines is 2. The molecule has 0 bridgehead atoms. The summed E-state index contributed by atoms with van der Waals surface area (Å²) in [5.41, 5.74) is 5.20. The second kappa shape index (κ2) is 7.07. The van der Waals surface area contributed by atoms with Gasteiger partial charge in [0, 0.05) is 39.6 Å². The fourth-order valence-corrected chi connectivity index (χ4v) is 3.85. The first-order valence-electron chi connectivity index (χ1n) is 8.54. The van der Waals surface area contributed by atoms with Gasteiger partial charge < -0.3 is 9.73 Å². The molecule has 5 aromatic rings. The molecule has 0 fully saturated rings. The molecule has 5 nitrogen and oxygen atoms in total. The topological polar surface area (TPSA) is 63.8 Å². The van der Waals surface area contributed by atoms with Crippen molar-refractivity contribution in [1.29, 1.82) is 0 Å². The number of aromatic nitrogens is 3. The molecule has 0 aliphatic heterocycles. The van der Waals surface area contributed by atoms with Crippen molar-refractivity contribution in [3.63, 3.8) is 0 Å². The summed E-state index contributed by atoms with van der Waals surface area (Å²) in [4.78, 5) is 13.3. The van der Waals surface area contributed by atoms with Gasteiger partial charge in [-0.3, -0.25) is 4.98 Å². The molecule has 0 aliphatic carbocycles. The molecular formula is C21H13ClN4OS. The lowest BCUT2D eigenvalue weighted by atomic mass is 10.1. The Morgan fingerprint density at radius 3 is 2.79 bits per heavy atom. The Bertz CT molecular complexity index is 1270. The van der Waals surface area contributed by atoms with E-state index in [2.05, 4.69) is 15.3 Å². The predicted octanol–water partition coefficient (Wildman–Crippen LogP) is 6.41. The van der Waals surface area contributed by atoms with Crippen LogP contribution in [0, 0.1) is 0 Å². The van der Waals surface area contributed by atoms with Gasteiger partial charge in [-0.05, 0) is 42.5 Å². The summed E-state index contributed by atoms with van der Waals surface area (Å²) in [5.74, 6) is 0. The molecule has 7 heteroatoms. The number of nitrogens with one attached hydrogen (secondary N) is 1. The van der Waals surface area contributed by atoms with E-state index in [1.807, 2.05) is 54.0 Å². The normalized spacial score (nSPS) is 11.0. The minimum atomic E-state index is 0.420. The van der Waals surface area contributed by atoms with Crippen molar-refractivity contribution in [2.24, 2.45) is 0 Å². The van der Waals surface area contributed by atoms with E-state index < -0.39 is 0 Å². The maximum atomic E-state index is 6.01. The first-order valence-corrected chi connectivity index (χ1v) is 9.80. The van der Waals surface area contributed by atoms with Gasteiger partial charge in [0.05, 0.1) is 5.69 Å². The average Bonchev–Trinajstić information content (AvgIpc) is 3.35. The summed E-state index contributed by atoms with van der Waals surface area (Å²) in [6.45, 7) is 0. The molecule has 136 valence electrons. The summed E-state index contributed by atoms with van der Waals surface area (Å²) in [5, 5.41) is 6.82. The third-order valence-corrected chi connectivity index (χ3v) is 5.30. The Kier molecular flexibility index (Phi) is 4.27. The number of nitrogens with zero attached hydrogens (tertiary/aromatic N) is 3. The van der Waals surface area contributed by atoms with E-state index in [1.54, 1.807) is 29.7 Å². The minimum Gasteiger partial charge on any atom is -0.423 e. The van der Waals surface area contributed by atoms with Crippen molar-refractivity contribution in [2.45, 2.75) is 0 Å².